The van der Waals surface area contributed by atoms with Crippen LogP contribution in [0, 0.1) is 10.1 Å². The van der Waals surface area contributed by atoms with Crippen LogP contribution in [0.3, 0.4) is 0 Å². The van der Waals surface area contributed by atoms with E-state index in [4.69, 9.17) is 11.6 Å². The van der Waals surface area contributed by atoms with Gasteiger partial charge in [-0.1, -0.05) is 24.9 Å². The van der Waals surface area contributed by atoms with Crippen molar-refractivity contribution in [3.63, 3.8) is 0 Å². The smallest absolute Gasteiger partial charge is 0.271 e. The first-order chi connectivity index (χ1) is 13.3. The molecule has 1 aliphatic rings. The SMILES string of the molecule is CCCCN1C(=O)c2ccc(C(=O)Nc3cc([N+](=O)[O-])ccc3Cl)cc2C1=O. The van der Waals surface area contributed by atoms with Crippen molar-refractivity contribution >= 4 is 40.7 Å². The number of amides is 3. The summed E-state index contributed by atoms with van der Waals surface area (Å²) in [6.45, 7) is 2.29. The Morgan fingerprint density at radius 2 is 1.86 bits per heavy atom. The first-order valence-electron chi connectivity index (χ1n) is 8.59. The van der Waals surface area contributed by atoms with E-state index in [1.807, 2.05) is 6.92 Å². The summed E-state index contributed by atoms with van der Waals surface area (Å²) in [7, 11) is 0. The number of carbonyl (C=O) groups excluding carboxylic acids is 3. The van der Waals surface area contributed by atoms with Crippen LogP contribution in [0.4, 0.5) is 11.4 Å². The molecule has 1 N–H and O–H groups in total. The molecule has 0 radical (unpaired) electrons. The van der Waals surface area contributed by atoms with Crippen LogP contribution in [0.5, 0.6) is 0 Å². The zero-order chi connectivity index (χ0) is 20.4. The highest BCUT2D eigenvalue weighted by Crippen LogP contribution is 2.28. The lowest BCUT2D eigenvalue weighted by Crippen LogP contribution is -2.30. The second kappa shape index (κ2) is 7.77. The standard InChI is InChI=1S/C19H16ClN3O5/c1-2-3-8-22-18(25)13-6-4-11(9-14(13)19(22)26)17(24)21-16-10-12(23(27)28)5-7-15(16)20/h4-7,9-10H,2-3,8H2,1H3,(H,21,24). The molecule has 0 bridgehead atoms. The number of nitrogens with zero attached hydrogens (tertiary/aromatic N) is 2. The average Bonchev–Trinajstić information content (AvgIpc) is 2.91. The molecule has 3 rings (SSSR count). The molecule has 2 aromatic rings. The number of nitro benzene ring substituents is 1. The van der Waals surface area contributed by atoms with Crippen LogP contribution >= 0.6 is 11.6 Å². The Bertz CT molecular complexity index is 1010. The van der Waals surface area contributed by atoms with Gasteiger partial charge < -0.3 is 5.32 Å². The molecule has 0 saturated carbocycles. The molecule has 0 spiro atoms. The Kier molecular flexibility index (Phi) is 5.41. The lowest BCUT2D eigenvalue weighted by Gasteiger charge is -2.12. The van der Waals surface area contributed by atoms with Gasteiger partial charge in [-0.15, -0.1) is 0 Å². The van der Waals surface area contributed by atoms with Crippen molar-refractivity contribution in [2.24, 2.45) is 0 Å². The van der Waals surface area contributed by atoms with Crippen molar-refractivity contribution in [3.05, 3.63) is 68.2 Å². The summed E-state index contributed by atoms with van der Waals surface area (Å²) in [5.74, 6) is -1.41. The number of non-ortho nitro benzene ring substituents is 1. The normalized spacial score (nSPS) is 12.9. The number of carbonyl (C=O) groups is 3. The summed E-state index contributed by atoms with van der Waals surface area (Å²) in [4.78, 5) is 48.9. The minimum absolute atomic E-state index is 0.0772. The van der Waals surface area contributed by atoms with Gasteiger partial charge in [0.2, 0.25) is 0 Å². The summed E-state index contributed by atoms with van der Waals surface area (Å²) in [5.41, 5.74) is 0.416. The van der Waals surface area contributed by atoms with Gasteiger partial charge in [-0.2, -0.15) is 0 Å². The van der Waals surface area contributed by atoms with Crippen LogP contribution in [-0.4, -0.2) is 34.1 Å². The summed E-state index contributed by atoms with van der Waals surface area (Å²) in [6, 6.07) is 7.89. The second-order valence-corrected chi connectivity index (χ2v) is 6.66. The molecule has 8 nitrogen and oxygen atoms in total. The lowest BCUT2D eigenvalue weighted by molar-refractivity contribution is -0.384. The third-order valence-corrected chi connectivity index (χ3v) is 4.71. The first-order valence-corrected chi connectivity index (χ1v) is 8.96. The minimum atomic E-state index is -0.601. The van der Waals surface area contributed by atoms with E-state index in [0.29, 0.717) is 13.0 Å². The molecule has 0 aliphatic carbocycles. The highest BCUT2D eigenvalue weighted by atomic mass is 35.5. The van der Waals surface area contributed by atoms with Gasteiger partial charge >= 0.3 is 0 Å². The molecule has 28 heavy (non-hydrogen) atoms. The van der Waals surface area contributed by atoms with E-state index < -0.39 is 16.7 Å². The molecule has 0 fully saturated rings. The van der Waals surface area contributed by atoms with E-state index >= 15 is 0 Å². The number of nitro groups is 1. The number of benzene rings is 2. The minimum Gasteiger partial charge on any atom is -0.320 e. The number of unbranched alkanes of at least 4 members (excludes halogenated alkanes) is 1. The number of nitrogens with one attached hydrogen (secondary N) is 1. The van der Waals surface area contributed by atoms with Gasteiger partial charge in [0.05, 0.1) is 26.8 Å². The second-order valence-electron chi connectivity index (χ2n) is 6.25. The largest absolute Gasteiger partial charge is 0.320 e. The van der Waals surface area contributed by atoms with Crippen molar-refractivity contribution in [2.75, 3.05) is 11.9 Å². The van der Waals surface area contributed by atoms with E-state index in [1.165, 1.54) is 35.2 Å². The van der Waals surface area contributed by atoms with Gasteiger partial charge in [0.25, 0.3) is 23.4 Å². The van der Waals surface area contributed by atoms with Gasteiger partial charge in [0, 0.05) is 24.2 Å². The molecule has 0 atom stereocenters. The zero-order valence-corrected chi connectivity index (χ0v) is 15.7. The maximum atomic E-state index is 12.5. The molecule has 2 aromatic carbocycles. The predicted molar refractivity (Wildman–Crippen MR) is 103 cm³/mol. The lowest BCUT2D eigenvalue weighted by atomic mass is 10.1. The molecule has 1 aliphatic heterocycles. The van der Waals surface area contributed by atoms with Crippen LogP contribution in [0.25, 0.3) is 0 Å². The summed E-state index contributed by atoms with van der Waals surface area (Å²) >= 11 is 5.99. The highest BCUT2D eigenvalue weighted by Gasteiger charge is 2.35. The maximum Gasteiger partial charge on any atom is 0.271 e. The monoisotopic (exact) mass is 401 g/mol. The van der Waals surface area contributed by atoms with Crippen molar-refractivity contribution in [2.45, 2.75) is 19.8 Å². The maximum absolute atomic E-state index is 12.5. The van der Waals surface area contributed by atoms with Crippen LogP contribution in [-0.2, 0) is 0 Å². The third-order valence-electron chi connectivity index (χ3n) is 4.38. The van der Waals surface area contributed by atoms with Gasteiger partial charge in [-0.3, -0.25) is 29.4 Å². The van der Waals surface area contributed by atoms with E-state index in [2.05, 4.69) is 5.32 Å². The first kappa shape index (κ1) is 19.5. The number of hydrogen-bond acceptors (Lipinski definition) is 5. The van der Waals surface area contributed by atoms with Crippen molar-refractivity contribution in [1.82, 2.24) is 4.90 Å². The Balaban J connectivity index is 1.85. The Morgan fingerprint density at radius 3 is 2.54 bits per heavy atom. The Labute approximate surface area is 165 Å². The van der Waals surface area contributed by atoms with Crippen molar-refractivity contribution in [3.8, 4) is 0 Å². The van der Waals surface area contributed by atoms with Crippen molar-refractivity contribution in [1.29, 1.82) is 0 Å². The number of rotatable bonds is 6. The Hall–Kier alpha value is -3.26. The number of imide groups is 1. The van der Waals surface area contributed by atoms with E-state index in [0.717, 1.165) is 12.5 Å². The molecule has 0 unspecified atom stereocenters. The fourth-order valence-electron chi connectivity index (χ4n) is 2.87. The topological polar surface area (TPSA) is 110 Å². The van der Waals surface area contributed by atoms with E-state index in [-0.39, 0.29) is 39.0 Å². The van der Waals surface area contributed by atoms with Crippen LogP contribution in [0.15, 0.2) is 36.4 Å². The molecule has 1 heterocycles. The van der Waals surface area contributed by atoms with E-state index in [9.17, 15) is 24.5 Å². The number of anilines is 1. The predicted octanol–water partition coefficient (Wildman–Crippen LogP) is 3.90. The van der Waals surface area contributed by atoms with Gasteiger partial charge in [-0.05, 0) is 30.7 Å². The third kappa shape index (κ3) is 3.59. The average molecular weight is 402 g/mol. The molecular weight excluding hydrogens is 386 g/mol. The number of hydrogen-bond donors (Lipinski definition) is 1. The molecular formula is C19H16ClN3O5. The summed E-state index contributed by atoms with van der Waals surface area (Å²) in [5, 5.41) is 13.5. The highest BCUT2D eigenvalue weighted by molar-refractivity contribution is 6.34. The number of fused-ring (bicyclic) bond motifs is 1. The Morgan fingerprint density at radius 1 is 1.14 bits per heavy atom. The molecule has 3 amide bonds. The fraction of sp³-hybridized carbons (Fsp3) is 0.211. The fourth-order valence-corrected chi connectivity index (χ4v) is 3.03. The van der Waals surface area contributed by atoms with Crippen LogP contribution < -0.4 is 5.32 Å². The summed E-state index contributed by atoms with van der Waals surface area (Å²) in [6.07, 6.45) is 1.54. The zero-order valence-electron chi connectivity index (χ0n) is 14.9. The van der Waals surface area contributed by atoms with Gasteiger partial charge in [-0.25, -0.2) is 0 Å². The quantitative estimate of drug-likeness (QED) is 0.448. The molecule has 144 valence electrons. The van der Waals surface area contributed by atoms with E-state index in [1.54, 1.807) is 0 Å². The molecule has 0 saturated heterocycles. The molecule has 9 heteroatoms. The van der Waals surface area contributed by atoms with Gasteiger partial charge in [0.15, 0.2) is 0 Å². The van der Waals surface area contributed by atoms with Crippen molar-refractivity contribution < 1.29 is 19.3 Å². The summed E-state index contributed by atoms with van der Waals surface area (Å²) < 4.78 is 0. The molecule has 0 aromatic heterocycles. The van der Waals surface area contributed by atoms with Crippen LogP contribution in [0.1, 0.15) is 50.8 Å². The van der Waals surface area contributed by atoms with Gasteiger partial charge in [0.1, 0.15) is 0 Å². The van der Waals surface area contributed by atoms with Crippen LogP contribution in [0.2, 0.25) is 5.02 Å². The number of halogens is 1.